The molecule has 0 spiro atoms. The van der Waals surface area contributed by atoms with Crippen LogP contribution >= 0.6 is 0 Å². The largest absolute Gasteiger partial charge is 0.371 e. The predicted molar refractivity (Wildman–Crippen MR) is 66.5 cm³/mol. The fraction of sp³-hybridized carbons (Fsp3) is 0.571. The molecular formula is C14H21NO. The number of methoxy groups -OCH3 is 1. The van der Waals surface area contributed by atoms with Crippen LogP contribution in [0.25, 0.3) is 0 Å². The first-order valence-electron chi connectivity index (χ1n) is 5.84. The van der Waals surface area contributed by atoms with E-state index in [9.17, 15) is 0 Å². The Kier molecular flexibility index (Phi) is 2.81. The van der Waals surface area contributed by atoms with E-state index in [-0.39, 0.29) is 11.1 Å². The van der Waals surface area contributed by atoms with Crippen molar-refractivity contribution in [1.82, 2.24) is 4.90 Å². The highest BCUT2D eigenvalue weighted by Crippen LogP contribution is 2.38. The number of rotatable bonds is 2. The van der Waals surface area contributed by atoms with E-state index in [1.165, 1.54) is 5.56 Å². The lowest BCUT2D eigenvalue weighted by molar-refractivity contribution is -0.158. The maximum absolute atomic E-state index is 5.74. The molecule has 16 heavy (non-hydrogen) atoms. The van der Waals surface area contributed by atoms with Gasteiger partial charge in [-0.05, 0) is 26.3 Å². The van der Waals surface area contributed by atoms with E-state index in [2.05, 4.69) is 49.9 Å². The summed E-state index contributed by atoms with van der Waals surface area (Å²) in [5, 5.41) is 0. The fourth-order valence-electron chi connectivity index (χ4n) is 2.22. The maximum atomic E-state index is 5.74. The van der Waals surface area contributed by atoms with Gasteiger partial charge in [0.15, 0.2) is 0 Å². The van der Waals surface area contributed by atoms with Gasteiger partial charge < -0.3 is 4.74 Å². The van der Waals surface area contributed by atoms with Gasteiger partial charge in [-0.15, -0.1) is 0 Å². The molecule has 0 unspecified atom stereocenters. The van der Waals surface area contributed by atoms with Gasteiger partial charge in [-0.25, -0.2) is 0 Å². The van der Waals surface area contributed by atoms with E-state index in [1.807, 2.05) is 13.2 Å². The van der Waals surface area contributed by atoms with Gasteiger partial charge in [-0.1, -0.05) is 30.3 Å². The van der Waals surface area contributed by atoms with Crippen molar-refractivity contribution in [2.24, 2.45) is 0 Å². The van der Waals surface area contributed by atoms with Crippen molar-refractivity contribution in [2.75, 3.05) is 20.2 Å². The van der Waals surface area contributed by atoms with Crippen molar-refractivity contribution in [2.45, 2.75) is 31.9 Å². The Morgan fingerprint density at radius 2 is 1.69 bits per heavy atom. The minimum Gasteiger partial charge on any atom is -0.371 e. The SMILES string of the molecule is COC1(c2ccccc2)CN(C(C)(C)C)C1. The molecule has 0 radical (unpaired) electrons. The molecule has 1 heterocycles. The summed E-state index contributed by atoms with van der Waals surface area (Å²) in [4.78, 5) is 2.45. The molecular weight excluding hydrogens is 198 g/mol. The van der Waals surface area contributed by atoms with Crippen LogP contribution in [-0.4, -0.2) is 30.6 Å². The second-order valence-electron chi connectivity index (χ2n) is 5.59. The molecule has 1 fully saturated rings. The second kappa shape index (κ2) is 3.86. The molecule has 0 atom stereocenters. The molecule has 0 aliphatic carbocycles. The Bertz CT molecular complexity index is 347. The van der Waals surface area contributed by atoms with E-state index in [0.29, 0.717) is 0 Å². The van der Waals surface area contributed by atoms with E-state index >= 15 is 0 Å². The molecule has 88 valence electrons. The van der Waals surface area contributed by atoms with Gasteiger partial charge in [0.05, 0.1) is 0 Å². The molecule has 1 saturated heterocycles. The summed E-state index contributed by atoms with van der Waals surface area (Å²) >= 11 is 0. The number of nitrogens with zero attached hydrogens (tertiary/aromatic N) is 1. The number of benzene rings is 1. The fourth-order valence-corrected chi connectivity index (χ4v) is 2.22. The summed E-state index contributed by atoms with van der Waals surface area (Å²) in [5.74, 6) is 0. The molecule has 2 heteroatoms. The van der Waals surface area contributed by atoms with Crippen LogP contribution < -0.4 is 0 Å². The van der Waals surface area contributed by atoms with Crippen molar-refractivity contribution in [3.63, 3.8) is 0 Å². The van der Waals surface area contributed by atoms with E-state index < -0.39 is 0 Å². The first kappa shape index (κ1) is 11.6. The smallest absolute Gasteiger partial charge is 0.118 e. The van der Waals surface area contributed by atoms with Crippen molar-refractivity contribution in [1.29, 1.82) is 0 Å². The Labute approximate surface area is 98.2 Å². The third-order valence-corrected chi connectivity index (χ3v) is 3.53. The van der Waals surface area contributed by atoms with E-state index in [4.69, 9.17) is 4.74 Å². The van der Waals surface area contributed by atoms with Gasteiger partial charge in [0.2, 0.25) is 0 Å². The lowest BCUT2D eigenvalue weighted by atomic mass is 9.82. The average molecular weight is 219 g/mol. The molecule has 0 aromatic heterocycles. The van der Waals surface area contributed by atoms with Gasteiger partial charge in [0, 0.05) is 25.7 Å². The third kappa shape index (κ3) is 1.87. The van der Waals surface area contributed by atoms with Crippen molar-refractivity contribution in [3.05, 3.63) is 35.9 Å². The first-order valence-corrected chi connectivity index (χ1v) is 5.84. The topological polar surface area (TPSA) is 12.5 Å². The van der Waals surface area contributed by atoms with E-state index in [0.717, 1.165) is 13.1 Å². The van der Waals surface area contributed by atoms with Crippen LogP contribution in [0, 0.1) is 0 Å². The number of hydrogen-bond acceptors (Lipinski definition) is 2. The van der Waals surface area contributed by atoms with Crippen LogP contribution in [0.1, 0.15) is 26.3 Å². The lowest BCUT2D eigenvalue weighted by Gasteiger charge is -2.55. The summed E-state index contributed by atoms with van der Waals surface area (Å²) in [7, 11) is 1.81. The summed E-state index contributed by atoms with van der Waals surface area (Å²) in [5.41, 5.74) is 1.43. The molecule has 2 rings (SSSR count). The molecule has 2 nitrogen and oxygen atoms in total. The zero-order valence-corrected chi connectivity index (χ0v) is 10.7. The van der Waals surface area contributed by atoms with Gasteiger partial charge in [-0.3, -0.25) is 4.90 Å². The van der Waals surface area contributed by atoms with Crippen molar-refractivity contribution < 1.29 is 4.74 Å². The predicted octanol–water partition coefficient (Wildman–Crippen LogP) is 2.64. The number of hydrogen-bond donors (Lipinski definition) is 0. The van der Waals surface area contributed by atoms with Gasteiger partial charge in [0.25, 0.3) is 0 Å². The lowest BCUT2D eigenvalue weighted by Crippen LogP contribution is -2.65. The minimum absolute atomic E-state index is 0.0888. The van der Waals surface area contributed by atoms with Crippen LogP contribution in [0.5, 0.6) is 0 Å². The van der Waals surface area contributed by atoms with Crippen LogP contribution in [0.4, 0.5) is 0 Å². The molecule has 0 bridgehead atoms. The van der Waals surface area contributed by atoms with Crippen LogP contribution in [0.2, 0.25) is 0 Å². The van der Waals surface area contributed by atoms with Crippen LogP contribution in [0.3, 0.4) is 0 Å². The van der Waals surface area contributed by atoms with Crippen LogP contribution in [0.15, 0.2) is 30.3 Å². The molecule has 1 aliphatic rings. The normalized spacial score (nSPS) is 20.5. The van der Waals surface area contributed by atoms with Gasteiger partial charge in [0.1, 0.15) is 5.60 Å². The molecule has 0 N–H and O–H groups in total. The zero-order chi connectivity index (χ0) is 11.8. The highest BCUT2D eigenvalue weighted by molar-refractivity contribution is 5.27. The molecule has 1 aliphatic heterocycles. The maximum Gasteiger partial charge on any atom is 0.118 e. The molecule has 0 saturated carbocycles. The van der Waals surface area contributed by atoms with Crippen LogP contribution in [-0.2, 0) is 10.3 Å². The molecule has 1 aromatic rings. The van der Waals surface area contributed by atoms with Gasteiger partial charge >= 0.3 is 0 Å². The summed E-state index contributed by atoms with van der Waals surface area (Å²) < 4.78 is 5.74. The third-order valence-electron chi connectivity index (χ3n) is 3.53. The molecule has 1 aromatic carbocycles. The monoisotopic (exact) mass is 219 g/mol. The summed E-state index contributed by atoms with van der Waals surface area (Å²) in [6, 6.07) is 10.5. The van der Waals surface area contributed by atoms with Crippen molar-refractivity contribution >= 4 is 0 Å². The highest BCUT2D eigenvalue weighted by Gasteiger charge is 2.48. The number of likely N-dealkylation sites (tertiary alicyclic amines) is 1. The Morgan fingerprint density at radius 3 is 2.12 bits per heavy atom. The highest BCUT2D eigenvalue weighted by atomic mass is 16.5. The van der Waals surface area contributed by atoms with Gasteiger partial charge in [-0.2, -0.15) is 0 Å². The Morgan fingerprint density at radius 1 is 1.12 bits per heavy atom. The Hall–Kier alpha value is -0.860. The average Bonchev–Trinajstić information content (AvgIpc) is 2.16. The Balaban J connectivity index is 2.15. The molecule has 0 amide bonds. The summed E-state index contributed by atoms with van der Waals surface area (Å²) in [6.07, 6.45) is 0. The van der Waals surface area contributed by atoms with E-state index in [1.54, 1.807) is 0 Å². The summed E-state index contributed by atoms with van der Waals surface area (Å²) in [6.45, 7) is 8.71. The zero-order valence-electron chi connectivity index (χ0n) is 10.7. The second-order valence-corrected chi connectivity index (χ2v) is 5.59. The number of ether oxygens (including phenoxy) is 1. The minimum atomic E-state index is -0.0888. The van der Waals surface area contributed by atoms with Crippen molar-refractivity contribution in [3.8, 4) is 0 Å². The quantitative estimate of drug-likeness (QED) is 0.758. The first-order chi connectivity index (χ1) is 7.48. The standard InChI is InChI=1S/C14H21NO/c1-13(2,3)15-10-14(11-15,16-4)12-8-6-5-7-9-12/h5-9H,10-11H2,1-4H3.